The smallest absolute Gasteiger partial charge is 0.224 e. The SMILES string of the molecule is CCCN(C(=O)CCn1ccnn1)C1CNC1. The molecule has 6 nitrogen and oxygen atoms in total. The molecule has 0 radical (unpaired) electrons. The van der Waals surface area contributed by atoms with E-state index in [1.165, 1.54) is 0 Å². The van der Waals surface area contributed by atoms with Crippen molar-refractivity contribution in [2.75, 3.05) is 19.6 Å². The molecule has 1 aliphatic heterocycles. The van der Waals surface area contributed by atoms with E-state index in [0.29, 0.717) is 19.0 Å². The number of carbonyl (C=O) groups excluding carboxylic acids is 1. The van der Waals surface area contributed by atoms with Gasteiger partial charge in [0.15, 0.2) is 0 Å². The van der Waals surface area contributed by atoms with Gasteiger partial charge in [0.25, 0.3) is 0 Å². The van der Waals surface area contributed by atoms with Gasteiger partial charge in [-0.05, 0) is 6.42 Å². The maximum atomic E-state index is 12.1. The third-order valence-corrected chi connectivity index (χ3v) is 3.01. The highest BCUT2D eigenvalue weighted by Gasteiger charge is 2.27. The molecule has 94 valence electrons. The fraction of sp³-hybridized carbons (Fsp3) is 0.727. The number of aromatic nitrogens is 3. The van der Waals surface area contributed by atoms with Crippen LogP contribution < -0.4 is 5.32 Å². The second kappa shape index (κ2) is 5.77. The molecule has 0 atom stereocenters. The lowest BCUT2D eigenvalue weighted by molar-refractivity contribution is -0.134. The topological polar surface area (TPSA) is 63.1 Å². The summed E-state index contributed by atoms with van der Waals surface area (Å²) in [7, 11) is 0. The maximum absolute atomic E-state index is 12.1. The van der Waals surface area contributed by atoms with E-state index in [1.54, 1.807) is 17.1 Å². The van der Waals surface area contributed by atoms with Gasteiger partial charge in [-0.1, -0.05) is 12.1 Å². The Labute approximate surface area is 101 Å². The van der Waals surface area contributed by atoms with Crippen molar-refractivity contribution >= 4 is 5.91 Å². The second-order valence-electron chi connectivity index (χ2n) is 4.32. The number of aryl methyl sites for hydroxylation is 1. The van der Waals surface area contributed by atoms with Crippen molar-refractivity contribution in [3.05, 3.63) is 12.4 Å². The van der Waals surface area contributed by atoms with E-state index in [9.17, 15) is 4.79 Å². The van der Waals surface area contributed by atoms with E-state index >= 15 is 0 Å². The van der Waals surface area contributed by atoms with Crippen molar-refractivity contribution < 1.29 is 4.79 Å². The Hall–Kier alpha value is -1.43. The maximum Gasteiger partial charge on any atom is 0.224 e. The largest absolute Gasteiger partial charge is 0.337 e. The Morgan fingerprint density at radius 3 is 2.94 bits per heavy atom. The van der Waals surface area contributed by atoms with Crippen LogP contribution in [0.3, 0.4) is 0 Å². The Kier molecular flexibility index (Phi) is 4.08. The monoisotopic (exact) mass is 237 g/mol. The lowest BCUT2D eigenvalue weighted by Crippen LogP contribution is -2.59. The van der Waals surface area contributed by atoms with Gasteiger partial charge in [-0.2, -0.15) is 0 Å². The van der Waals surface area contributed by atoms with Crippen molar-refractivity contribution in [1.82, 2.24) is 25.2 Å². The standard InChI is InChI=1S/C11H19N5O/c1-2-5-16(10-8-12-9-10)11(17)3-6-15-7-4-13-14-15/h4,7,10,12H,2-3,5-6,8-9H2,1H3. The Bertz CT molecular complexity index is 347. The first kappa shape index (κ1) is 12.0. The molecule has 0 aliphatic carbocycles. The third kappa shape index (κ3) is 3.03. The van der Waals surface area contributed by atoms with E-state index in [1.807, 2.05) is 4.90 Å². The van der Waals surface area contributed by atoms with E-state index in [-0.39, 0.29) is 5.91 Å². The van der Waals surface area contributed by atoms with E-state index < -0.39 is 0 Å². The molecular weight excluding hydrogens is 218 g/mol. The lowest BCUT2D eigenvalue weighted by Gasteiger charge is -2.38. The van der Waals surface area contributed by atoms with Crippen LogP contribution in [0.4, 0.5) is 0 Å². The first-order chi connectivity index (χ1) is 8.31. The molecule has 1 aromatic rings. The molecule has 6 heteroatoms. The molecule has 2 rings (SSSR count). The Morgan fingerprint density at radius 1 is 1.59 bits per heavy atom. The zero-order valence-corrected chi connectivity index (χ0v) is 10.2. The van der Waals surface area contributed by atoms with Crippen molar-refractivity contribution in [3.8, 4) is 0 Å². The highest BCUT2D eigenvalue weighted by Crippen LogP contribution is 2.08. The first-order valence-electron chi connectivity index (χ1n) is 6.15. The number of nitrogens with one attached hydrogen (secondary N) is 1. The molecule has 0 unspecified atom stereocenters. The Morgan fingerprint density at radius 2 is 2.41 bits per heavy atom. The zero-order valence-electron chi connectivity index (χ0n) is 10.2. The number of hydrogen-bond donors (Lipinski definition) is 1. The molecule has 0 saturated carbocycles. The minimum atomic E-state index is 0.217. The molecule has 1 fully saturated rings. The zero-order chi connectivity index (χ0) is 12.1. The molecule has 17 heavy (non-hydrogen) atoms. The first-order valence-corrected chi connectivity index (χ1v) is 6.15. The van der Waals surface area contributed by atoms with Crippen LogP contribution in [0.25, 0.3) is 0 Å². The summed E-state index contributed by atoms with van der Waals surface area (Å²) in [6, 6.07) is 0.387. The van der Waals surface area contributed by atoms with Crippen molar-refractivity contribution in [1.29, 1.82) is 0 Å². The molecule has 1 saturated heterocycles. The van der Waals surface area contributed by atoms with Crippen molar-refractivity contribution in [3.63, 3.8) is 0 Å². The minimum Gasteiger partial charge on any atom is -0.337 e. The highest BCUT2D eigenvalue weighted by atomic mass is 16.2. The molecular formula is C11H19N5O. The van der Waals surface area contributed by atoms with Gasteiger partial charge in [0.1, 0.15) is 0 Å². The lowest BCUT2D eigenvalue weighted by atomic mass is 10.1. The molecule has 1 amide bonds. The predicted octanol–water partition coefficient (Wildman–Crippen LogP) is -0.121. The summed E-state index contributed by atoms with van der Waals surface area (Å²) in [6.45, 7) is 5.41. The number of nitrogens with zero attached hydrogens (tertiary/aromatic N) is 4. The summed E-state index contributed by atoms with van der Waals surface area (Å²) in [4.78, 5) is 14.1. The minimum absolute atomic E-state index is 0.217. The highest BCUT2D eigenvalue weighted by molar-refractivity contribution is 5.76. The molecule has 1 aromatic heterocycles. The van der Waals surface area contributed by atoms with Crippen molar-refractivity contribution in [2.24, 2.45) is 0 Å². The molecule has 0 bridgehead atoms. The van der Waals surface area contributed by atoms with E-state index in [0.717, 1.165) is 26.1 Å². The van der Waals surface area contributed by atoms with Crippen LogP contribution in [0.5, 0.6) is 0 Å². The summed E-state index contributed by atoms with van der Waals surface area (Å²) in [5.74, 6) is 0.217. The fourth-order valence-corrected chi connectivity index (χ4v) is 1.95. The predicted molar refractivity (Wildman–Crippen MR) is 63.3 cm³/mol. The average Bonchev–Trinajstić information content (AvgIpc) is 2.75. The van der Waals surface area contributed by atoms with Gasteiger partial charge >= 0.3 is 0 Å². The summed E-state index contributed by atoms with van der Waals surface area (Å²) >= 11 is 0. The van der Waals surface area contributed by atoms with E-state index in [4.69, 9.17) is 0 Å². The van der Waals surface area contributed by atoms with E-state index in [2.05, 4.69) is 22.6 Å². The van der Waals surface area contributed by atoms with Crippen LogP contribution in [0.15, 0.2) is 12.4 Å². The van der Waals surface area contributed by atoms with Gasteiger partial charge < -0.3 is 10.2 Å². The van der Waals surface area contributed by atoms with Crippen LogP contribution >= 0.6 is 0 Å². The summed E-state index contributed by atoms with van der Waals surface area (Å²) < 4.78 is 1.70. The molecule has 1 N–H and O–H groups in total. The number of amides is 1. The number of rotatable bonds is 6. The molecule has 0 spiro atoms. The quantitative estimate of drug-likeness (QED) is 0.749. The molecule has 2 heterocycles. The van der Waals surface area contributed by atoms with Gasteiger partial charge in [0.05, 0.1) is 18.8 Å². The van der Waals surface area contributed by atoms with Crippen LogP contribution in [0, 0.1) is 0 Å². The fourth-order valence-electron chi connectivity index (χ4n) is 1.95. The van der Waals surface area contributed by atoms with Crippen LogP contribution in [-0.4, -0.2) is 51.5 Å². The van der Waals surface area contributed by atoms with Gasteiger partial charge in [0, 0.05) is 32.3 Å². The molecule has 1 aliphatic rings. The number of hydrogen-bond acceptors (Lipinski definition) is 4. The van der Waals surface area contributed by atoms with Gasteiger partial charge in [-0.3, -0.25) is 9.48 Å². The van der Waals surface area contributed by atoms with Gasteiger partial charge in [-0.25, -0.2) is 0 Å². The van der Waals surface area contributed by atoms with Crippen LogP contribution in [0.1, 0.15) is 19.8 Å². The summed E-state index contributed by atoms with van der Waals surface area (Å²) in [5.41, 5.74) is 0. The Balaban J connectivity index is 1.83. The molecule has 0 aromatic carbocycles. The number of carbonyl (C=O) groups is 1. The second-order valence-corrected chi connectivity index (χ2v) is 4.32. The average molecular weight is 237 g/mol. The normalized spacial score (nSPS) is 15.6. The third-order valence-electron chi connectivity index (χ3n) is 3.01. The van der Waals surface area contributed by atoms with Gasteiger partial charge in [-0.15, -0.1) is 5.10 Å². The van der Waals surface area contributed by atoms with Crippen molar-refractivity contribution in [2.45, 2.75) is 32.4 Å². The van der Waals surface area contributed by atoms with Crippen LogP contribution in [0.2, 0.25) is 0 Å². The summed E-state index contributed by atoms with van der Waals surface area (Å²) in [5, 5.41) is 10.8. The van der Waals surface area contributed by atoms with Gasteiger partial charge in [0.2, 0.25) is 5.91 Å². The summed E-state index contributed by atoms with van der Waals surface area (Å²) in [6.07, 6.45) is 4.91. The van der Waals surface area contributed by atoms with Crippen LogP contribution in [-0.2, 0) is 11.3 Å².